The summed E-state index contributed by atoms with van der Waals surface area (Å²) in [7, 11) is 0. The van der Waals surface area contributed by atoms with Crippen molar-refractivity contribution < 1.29 is 18.8 Å². The van der Waals surface area contributed by atoms with Crippen LogP contribution in [-0.4, -0.2) is 29.3 Å². The summed E-state index contributed by atoms with van der Waals surface area (Å²) in [6, 6.07) is 12.6. The number of hydrogen-bond donors (Lipinski definition) is 2. The van der Waals surface area contributed by atoms with Crippen molar-refractivity contribution in [2.45, 2.75) is 24.8 Å². The summed E-state index contributed by atoms with van der Waals surface area (Å²) in [6.45, 7) is -0.469. The van der Waals surface area contributed by atoms with Crippen LogP contribution >= 0.6 is 0 Å². The summed E-state index contributed by atoms with van der Waals surface area (Å²) >= 11 is 0. The number of nitrogens with zero attached hydrogens (tertiary/aromatic N) is 1. The normalized spacial score (nSPS) is 21.1. The Morgan fingerprint density at radius 1 is 1.15 bits per heavy atom. The van der Waals surface area contributed by atoms with Crippen molar-refractivity contribution in [3.8, 4) is 0 Å². The van der Waals surface area contributed by atoms with Gasteiger partial charge >= 0.3 is 6.03 Å². The van der Waals surface area contributed by atoms with Gasteiger partial charge in [-0.2, -0.15) is 0 Å². The number of amides is 4. The van der Waals surface area contributed by atoms with Crippen LogP contribution in [0.15, 0.2) is 48.5 Å². The Morgan fingerprint density at radius 2 is 1.89 bits per heavy atom. The third-order valence-corrected chi connectivity index (χ3v) is 5.10. The maximum Gasteiger partial charge on any atom is 0.325 e. The van der Waals surface area contributed by atoms with E-state index in [1.54, 1.807) is 6.07 Å². The molecule has 1 atom stereocenters. The van der Waals surface area contributed by atoms with Gasteiger partial charge in [0.1, 0.15) is 17.9 Å². The summed E-state index contributed by atoms with van der Waals surface area (Å²) in [5.41, 5.74) is 0.693. The standard InChI is InChI=1S/C20H18FN3O3/c21-15-9-3-4-10-16(15)22-17(25)12-24-18(26)20(23-19(24)27)11-5-7-13-6-1-2-8-14(13)20/h1-4,6,8-10H,5,7,11-12H2,(H,22,25)(H,23,27). The Balaban J connectivity index is 1.56. The molecule has 1 unspecified atom stereocenters. The van der Waals surface area contributed by atoms with E-state index in [-0.39, 0.29) is 5.69 Å². The number of benzene rings is 2. The Hall–Kier alpha value is -3.22. The number of para-hydroxylation sites is 1. The van der Waals surface area contributed by atoms with Gasteiger partial charge in [-0.25, -0.2) is 9.18 Å². The predicted molar refractivity (Wildman–Crippen MR) is 96.3 cm³/mol. The highest BCUT2D eigenvalue weighted by molar-refractivity contribution is 6.10. The number of hydrogen-bond acceptors (Lipinski definition) is 3. The Kier molecular flexibility index (Phi) is 4.14. The molecule has 1 fully saturated rings. The van der Waals surface area contributed by atoms with Crippen LogP contribution in [0.25, 0.3) is 0 Å². The van der Waals surface area contributed by atoms with E-state index < -0.39 is 35.7 Å². The third-order valence-electron chi connectivity index (χ3n) is 5.10. The number of carbonyl (C=O) groups excluding carboxylic acids is 3. The quantitative estimate of drug-likeness (QED) is 0.819. The molecule has 4 rings (SSSR count). The van der Waals surface area contributed by atoms with Crippen molar-refractivity contribution >= 4 is 23.5 Å². The van der Waals surface area contributed by atoms with E-state index in [0.29, 0.717) is 6.42 Å². The van der Waals surface area contributed by atoms with E-state index in [1.165, 1.54) is 18.2 Å². The van der Waals surface area contributed by atoms with Gasteiger partial charge in [0, 0.05) is 0 Å². The van der Waals surface area contributed by atoms with Crippen LogP contribution in [0, 0.1) is 5.82 Å². The fourth-order valence-corrected chi connectivity index (χ4v) is 3.85. The van der Waals surface area contributed by atoms with Crippen LogP contribution in [0.2, 0.25) is 0 Å². The lowest BCUT2D eigenvalue weighted by molar-refractivity contribution is -0.134. The van der Waals surface area contributed by atoms with Gasteiger partial charge in [-0.3, -0.25) is 14.5 Å². The molecule has 2 N–H and O–H groups in total. The molecule has 7 heteroatoms. The molecule has 1 aliphatic carbocycles. The topological polar surface area (TPSA) is 78.5 Å². The van der Waals surface area contributed by atoms with Crippen molar-refractivity contribution in [3.05, 3.63) is 65.5 Å². The molecule has 2 aromatic carbocycles. The minimum atomic E-state index is -1.12. The monoisotopic (exact) mass is 367 g/mol. The van der Waals surface area contributed by atoms with Crippen LogP contribution in [-0.2, 0) is 21.5 Å². The van der Waals surface area contributed by atoms with E-state index in [9.17, 15) is 18.8 Å². The van der Waals surface area contributed by atoms with Gasteiger partial charge in [0.05, 0.1) is 5.69 Å². The molecular formula is C20H18FN3O3. The fraction of sp³-hybridized carbons (Fsp3) is 0.250. The van der Waals surface area contributed by atoms with Gasteiger partial charge in [0.15, 0.2) is 0 Å². The number of fused-ring (bicyclic) bond motifs is 2. The predicted octanol–water partition coefficient (Wildman–Crippen LogP) is 2.55. The molecule has 0 saturated carbocycles. The summed E-state index contributed by atoms with van der Waals surface area (Å²) in [4.78, 5) is 38.7. The van der Waals surface area contributed by atoms with Crippen LogP contribution in [0.4, 0.5) is 14.9 Å². The zero-order chi connectivity index (χ0) is 19.0. The largest absolute Gasteiger partial charge is 0.325 e. The number of carbonyl (C=O) groups is 3. The highest BCUT2D eigenvalue weighted by atomic mass is 19.1. The molecule has 138 valence electrons. The van der Waals surface area contributed by atoms with Crippen molar-refractivity contribution in [2.75, 3.05) is 11.9 Å². The van der Waals surface area contributed by atoms with E-state index in [1.807, 2.05) is 24.3 Å². The molecule has 1 spiro atoms. The molecule has 0 aromatic heterocycles. The molecule has 4 amide bonds. The van der Waals surface area contributed by atoms with Crippen molar-refractivity contribution in [2.24, 2.45) is 0 Å². The van der Waals surface area contributed by atoms with Crippen molar-refractivity contribution in [1.29, 1.82) is 0 Å². The fourth-order valence-electron chi connectivity index (χ4n) is 3.85. The lowest BCUT2D eigenvalue weighted by Gasteiger charge is -2.33. The van der Waals surface area contributed by atoms with E-state index in [2.05, 4.69) is 10.6 Å². The number of urea groups is 1. The molecular weight excluding hydrogens is 349 g/mol. The maximum atomic E-state index is 13.7. The zero-order valence-electron chi connectivity index (χ0n) is 14.5. The number of aryl methyl sites for hydroxylation is 1. The lowest BCUT2D eigenvalue weighted by atomic mass is 9.76. The Morgan fingerprint density at radius 3 is 2.70 bits per heavy atom. The summed E-state index contributed by atoms with van der Waals surface area (Å²) in [5, 5.41) is 5.19. The molecule has 0 radical (unpaired) electrons. The summed E-state index contributed by atoms with van der Waals surface area (Å²) in [6.07, 6.45) is 2.09. The minimum absolute atomic E-state index is 0.00674. The second-order valence-electron chi connectivity index (χ2n) is 6.77. The highest BCUT2D eigenvalue weighted by Crippen LogP contribution is 2.39. The molecule has 0 bridgehead atoms. The van der Waals surface area contributed by atoms with Gasteiger partial charge < -0.3 is 10.6 Å². The minimum Gasteiger partial charge on any atom is -0.322 e. The molecule has 6 nitrogen and oxygen atoms in total. The van der Waals surface area contributed by atoms with Crippen LogP contribution in [0.1, 0.15) is 24.0 Å². The second kappa shape index (κ2) is 6.50. The van der Waals surface area contributed by atoms with Gasteiger partial charge in [-0.15, -0.1) is 0 Å². The first-order valence-electron chi connectivity index (χ1n) is 8.78. The van der Waals surface area contributed by atoms with E-state index >= 15 is 0 Å². The SMILES string of the molecule is O=C(CN1C(=O)NC2(CCCc3ccccc32)C1=O)Nc1ccccc1F. The smallest absolute Gasteiger partial charge is 0.322 e. The first kappa shape index (κ1) is 17.2. The molecule has 1 saturated heterocycles. The molecule has 2 aliphatic rings. The number of halogens is 1. The average molecular weight is 367 g/mol. The number of rotatable bonds is 3. The number of anilines is 1. The van der Waals surface area contributed by atoms with Gasteiger partial charge in [0.2, 0.25) is 5.91 Å². The molecule has 1 aliphatic heterocycles. The van der Waals surface area contributed by atoms with E-state index in [0.717, 1.165) is 28.9 Å². The molecule has 2 aromatic rings. The maximum absolute atomic E-state index is 13.7. The van der Waals surface area contributed by atoms with Crippen molar-refractivity contribution in [1.82, 2.24) is 10.2 Å². The Bertz CT molecular complexity index is 946. The second-order valence-corrected chi connectivity index (χ2v) is 6.77. The summed E-state index contributed by atoms with van der Waals surface area (Å²) < 4.78 is 13.7. The Labute approximate surface area is 155 Å². The lowest BCUT2D eigenvalue weighted by Crippen LogP contribution is -2.47. The number of imide groups is 1. The van der Waals surface area contributed by atoms with Crippen molar-refractivity contribution in [3.63, 3.8) is 0 Å². The van der Waals surface area contributed by atoms with Gasteiger partial charge in [-0.1, -0.05) is 36.4 Å². The van der Waals surface area contributed by atoms with Crippen LogP contribution in [0.5, 0.6) is 0 Å². The van der Waals surface area contributed by atoms with Gasteiger partial charge in [0.25, 0.3) is 5.91 Å². The highest BCUT2D eigenvalue weighted by Gasteiger charge is 2.54. The first-order valence-corrected chi connectivity index (χ1v) is 8.78. The first-order chi connectivity index (χ1) is 13.0. The number of nitrogens with one attached hydrogen (secondary N) is 2. The summed E-state index contributed by atoms with van der Waals surface area (Å²) in [5.74, 6) is -1.66. The average Bonchev–Trinajstić information content (AvgIpc) is 2.89. The van der Waals surface area contributed by atoms with Crippen LogP contribution < -0.4 is 10.6 Å². The molecule has 27 heavy (non-hydrogen) atoms. The van der Waals surface area contributed by atoms with Gasteiger partial charge in [-0.05, 0) is 42.5 Å². The zero-order valence-corrected chi connectivity index (χ0v) is 14.5. The van der Waals surface area contributed by atoms with E-state index in [4.69, 9.17) is 0 Å². The van der Waals surface area contributed by atoms with Crippen LogP contribution in [0.3, 0.4) is 0 Å². The third kappa shape index (κ3) is 2.85. The molecule has 1 heterocycles.